The maximum Gasteiger partial charge on any atom is 0.253 e. The van der Waals surface area contributed by atoms with Crippen molar-refractivity contribution >= 4 is 5.91 Å². The number of carbonyl (C=O) groups excluding carboxylic acids is 1. The van der Waals surface area contributed by atoms with Crippen molar-refractivity contribution in [2.75, 3.05) is 6.54 Å². The Balaban J connectivity index is 2.50. The molecule has 0 spiro atoms. The fourth-order valence-corrected chi connectivity index (χ4v) is 1.90. The molecule has 0 aromatic carbocycles. The molecule has 4 heteroatoms. The first kappa shape index (κ1) is 14.6. The number of carbonyl (C=O) groups is 1. The molecular formula is C14H23N3O. The fourth-order valence-electron chi connectivity index (χ4n) is 1.90. The molecule has 1 atom stereocenters. The molecule has 3 N–H and O–H groups in total. The van der Waals surface area contributed by atoms with E-state index < -0.39 is 0 Å². The minimum Gasteiger partial charge on any atom is -0.350 e. The van der Waals surface area contributed by atoms with Crippen LogP contribution in [0.5, 0.6) is 0 Å². The maximum absolute atomic E-state index is 11.9. The molecule has 1 heterocycles. The van der Waals surface area contributed by atoms with Crippen LogP contribution in [0.2, 0.25) is 0 Å². The van der Waals surface area contributed by atoms with Crippen LogP contribution in [-0.2, 0) is 0 Å². The third-order valence-electron chi connectivity index (χ3n) is 2.65. The molecule has 0 radical (unpaired) electrons. The van der Waals surface area contributed by atoms with Crippen molar-refractivity contribution in [3.63, 3.8) is 0 Å². The van der Waals surface area contributed by atoms with Gasteiger partial charge < -0.3 is 11.1 Å². The second-order valence-electron chi connectivity index (χ2n) is 5.87. The number of aryl methyl sites for hydroxylation is 1. The third kappa shape index (κ3) is 4.84. The van der Waals surface area contributed by atoms with Crippen LogP contribution in [0, 0.1) is 12.3 Å². The number of aromatic nitrogens is 1. The van der Waals surface area contributed by atoms with Gasteiger partial charge >= 0.3 is 0 Å². The van der Waals surface area contributed by atoms with E-state index in [-0.39, 0.29) is 17.4 Å². The van der Waals surface area contributed by atoms with Crippen LogP contribution in [0.25, 0.3) is 0 Å². The Morgan fingerprint density at radius 2 is 2.17 bits per heavy atom. The van der Waals surface area contributed by atoms with E-state index in [0.29, 0.717) is 12.1 Å². The Hall–Kier alpha value is -1.42. The maximum atomic E-state index is 11.9. The quantitative estimate of drug-likeness (QED) is 0.856. The number of hydrogen-bond donors (Lipinski definition) is 2. The highest BCUT2D eigenvalue weighted by Crippen LogP contribution is 2.19. The number of amides is 1. The number of hydrogen-bond acceptors (Lipinski definition) is 3. The number of nitrogens with zero attached hydrogens (tertiary/aromatic N) is 1. The first-order chi connectivity index (χ1) is 8.29. The average molecular weight is 249 g/mol. The third-order valence-corrected chi connectivity index (χ3v) is 2.65. The van der Waals surface area contributed by atoms with E-state index in [0.717, 1.165) is 12.1 Å². The van der Waals surface area contributed by atoms with Crippen molar-refractivity contribution in [2.45, 2.75) is 40.2 Å². The van der Waals surface area contributed by atoms with Crippen molar-refractivity contribution in [1.29, 1.82) is 0 Å². The zero-order valence-corrected chi connectivity index (χ0v) is 11.7. The molecule has 1 rings (SSSR count). The Morgan fingerprint density at radius 1 is 1.50 bits per heavy atom. The van der Waals surface area contributed by atoms with E-state index in [2.05, 4.69) is 31.1 Å². The van der Waals surface area contributed by atoms with Gasteiger partial charge in [-0.25, -0.2) is 0 Å². The minimum atomic E-state index is -0.107. The van der Waals surface area contributed by atoms with E-state index >= 15 is 0 Å². The van der Waals surface area contributed by atoms with Crippen LogP contribution in [0.1, 0.15) is 43.2 Å². The monoisotopic (exact) mass is 249 g/mol. The minimum absolute atomic E-state index is 0.0223. The van der Waals surface area contributed by atoms with Crippen molar-refractivity contribution in [1.82, 2.24) is 10.3 Å². The highest BCUT2D eigenvalue weighted by molar-refractivity contribution is 5.95. The van der Waals surface area contributed by atoms with Gasteiger partial charge in [0.15, 0.2) is 0 Å². The van der Waals surface area contributed by atoms with E-state index in [1.54, 1.807) is 18.3 Å². The van der Waals surface area contributed by atoms with Crippen molar-refractivity contribution in [2.24, 2.45) is 11.1 Å². The Bertz CT molecular complexity index is 410. The van der Waals surface area contributed by atoms with Crippen LogP contribution in [0.15, 0.2) is 18.3 Å². The van der Waals surface area contributed by atoms with Crippen LogP contribution in [0.3, 0.4) is 0 Å². The topological polar surface area (TPSA) is 68.0 Å². The number of rotatable bonds is 4. The molecule has 0 aliphatic rings. The van der Waals surface area contributed by atoms with Crippen LogP contribution < -0.4 is 11.1 Å². The lowest BCUT2D eigenvalue weighted by atomic mass is 9.88. The van der Waals surface area contributed by atoms with Crippen molar-refractivity contribution < 1.29 is 4.79 Å². The summed E-state index contributed by atoms with van der Waals surface area (Å²) >= 11 is 0. The summed E-state index contributed by atoms with van der Waals surface area (Å²) in [5.74, 6) is -0.107. The Labute approximate surface area is 109 Å². The summed E-state index contributed by atoms with van der Waals surface area (Å²) in [5, 5.41) is 2.86. The van der Waals surface area contributed by atoms with Crippen LogP contribution in [0.4, 0.5) is 0 Å². The molecule has 4 nitrogen and oxygen atoms in total. The lowest BCUT2D eigenvalue weighted by molar-refractivity contribution is 0.0947. The van der Waals surface area contributed by atoms with E-state index in [4.69, 9.17) is 5.73 Å². The molecule has 18 heavy (non-hydrogen) atoms. The zero-order chi connectivity index (χ0) is 13.8. The Kier molecular flexibility index (Phi) is 4.84. The second-order valence-corrected chi connectivity index (χ2v) is 5.87. The smallest absolute Gasteiger partial charge is 0.253 e. The standard InChI is InChI=1S/C14H23N3O/c1-10-12(6-5-7-16-10)13(18)17-9-11(15)8-14(2,3)4/h5-7,11H,8-9,15H2,1-4H3,(H,17,18). The highest BCUT2D eigenvalue weighted by atomic mass is 16.1. The lowest BCUT2D eigenvalue weighted by Gasteiger charge is -2.23. The first-order valence-electron chi connectivity index (χ1n) is 6.25. The van der Waals surface area contributed by atoms with E-state index in [1.807, 2.05) is 6.92 Å². The molecule has 1 aromatic rings. The molecule has 0 fully saturated rings. The first-order valence-corrected chi connectivity index (χ1v) is 6.25. The summed E-state index contributed by atoms with van der Waals surface area (Å²) in [6.45, 7) is 8.73. The fraction of sp³-hybridized carbons (Fsp3) is 0.571. The van der Waals surface area contributed by atoms with Gasteiger partial charge in [0, 0.05) is 24.5 Å². The molecule has 0 aliphatic carbocycles. The molecule has 1 unspecified atom stereocenters. The summed E-state index contributed by atoms with van der Waals surface area (Å²) in [6.07, 6.45) is 2.55. The summed E-state index contributed by atoms with van der Waals surface area (Å²) in [6, 6.07) is 3.51. The summed E-state index contributed by atoms with van der Waals surface area (Å²) in [7, 11) is 0. The second kappa shape index (κ2) is 5.96. The van der Waals surface area contributed by atoms with E-state index in [9.17, 15) is 4.79 Å². The highest BCUT2D eigenvalue weighted by Gasteiger charge is 2.17. The van der Waals surface area contributed by atoms with Gasteiger partial charge in [-0.1, -0.05) is 20.8 Å². The lowest BCUT2D eigenvalue weighted by Crippen LogP contribution is -2.39. The van der Waals surface area contributed by atoms with Gasteiger partial charge in [0.2, 0.25) is 0 Å². The SMILES string of the molecule is Cc1ncccc1C(=O)NCC(N)CC(C)(C)C. The van der Waals surface area contributed by atoms with Gasteiger partial charge in [0.25, 0.3) is 5.91 Å². The van der Waals surface area contributed by atoms with Crippen LogP contribution >= 0.6 is 0 Å². The summed E-state index contributed by atoms with van der Waals surface area (Å²) < 4.78 is 0. The Morgan fingerprint density at radius 3 is 2.72 bits per heavy atom. The summed E-state index contributed by atoms with van der Waals surface area (Å²) in [5.41, 5.74) is 7.52. The van der Waals surface area contributed by atoms with Gasteiger partial charge in [-0.15, -0.1) is 0 Å². The molecule has 1 amide bonds. The zero-order valence-electron chi connectivity index (χ0n) is 11.7. The number of nitrogens with one attached hydrogen (secondary N) is 1. The summed E-state index contributed by atoms with van der Waals surface area (Å²) in [4.78, 5) is 16.0. The molecule has 0 bridgehead atoms. The molecule has 0 saturated carbocycles. The average Bonchev–Trinajstić information content (AvgIpc) is 2.24. The number of nitrogens with two attached hydrogens (primary N) is 1. The van der Waals surface area contributed by atoms with E-state index in [1.165, 1.54) is 0 Å². The van der Waals surface area contributed by atoms with Gasteiger partial charge in [-0.2, -0.15) is 0 Å². The molecule has 1 aromatic heterocycles. The normalized spacial score (nSPS) is 13.2. The van der Waals surface area contributed by atoms with Gasteiger partial charge in [0.1, 0.15) is 0 Å². The van der Waals surface area contributed by atoms with Gasteiger partial charge in [0.05, 0.1) is 5.56 Å². The molecule has 0 aliphatic heterocycles. The predicted octanol–water partition coefficient (Wildman–Crippen LogP) is 1.88. The predicted molar refractivity (Wildman–Crippen MR) is 73.4 cm³/mol. The van der Waals surface area contributed by atoms with Gasteiger partial charge in [-0.3, -0.25) is 9.78 Å². The van der Waals surface area contributed by atoms with Crippen LogP contribution in [-0.4, -0.2) is 23.5 Å². The van der Waals surface area contributed by atoms with Crippen molar-refractivity contribution in [3.05, 3.63) is 29.6 Å². The van der Waals surface area contributed by atoms with Gasteiger partial charge in [-0.05, 0) is 30.9 Å². The molecule has 0 saturated heterocycles. The van der Waals surface area contributed by atoms with Crippen molar-refractivity contribution in [3.8, 4) is 0 Å². The molecular weight excluding hydrogens is 226 g/mol. The number of pyridine rings is 1. The molecule has 100 valence electrons. The largest absolute Gasteiger partial charge is 0.350 e.